The van der Waals surface area contributed by atoms with E-state index in [1.165, 1.54) is 148 Å². The molecule has 0 aromatic heterocycles. The van der Waals surface area contributed by atoms with Crippen molar-refractivity contribution in [3.63, 3.8) is 0 Å². The van der Waals surface area contributed by atoms with Gasteiger partial charge in [0.05, 0.1) is 0 Å². The van der Waals surface area contributed by atoms with Crippen LogP contribution in [0.2, 0.25) is 0 Å². The van der Waals surface area contributed by atoms with Gasteiger partial charge in [-0.3, -0.25) is 14.4 Å². The number of unbranched alkanes of at least 4 members (excludes halogenated alkanes) is 25. The summed E-state index contributed by atoms with van der Waals surface area (Å²) in [7, 11) is 0. The van der Waals surface area contributed by atoms with Gasteiger partial charge in [0.25, 0.3) is 0 Å². The quantitative estimate of drug-likeness (QED) is 0.0348. The van der Waals surface area contributed by atoms with Crippen LogP contribution in [0, 0.1) is 17.8 Å². The van der Waals surface area contributed by atoms with E-state index in [4.69, 9.17) is 14.2 Å². The molecule has 0 rings (SSSR count). The summed E-state index contributed by atoms with van der Waals surface area (Å²) >= 11 is 0. The predicted octanol–water partition coefficient (Wildman–Crippen LogP) is 15.6. The number of hydrogen-bond donors (Lipinski definition) is 0. The molecule has 0 bridgehead atoms. The Bertz CT molecular complexity index is 870. The Labute approximate surface area is 348 Å². The van der Waals surface area contributed by atoms with Gasteiger partial charge in [-0.05, 0) is 37.0 Å². The summed E-state index contributed by atoms with van der Waals surface area (Å²) in [6.07, 6.45) is 39.5. The van der Waals surface area contributed by atoms with E-state index in [1.807, 2.05) is 0 Å². The van der Waals surface area contributed by atoms with Gasteiger partial charge in [0.1, 0.15) is 13.2 Å². The molecule has 0 saturated carbocycles. The van der Waals surface area contributed by atoms with E-state index >= 15 is 0 Å². The zero-order valence-electron chi connectivity index (χ0n) is 38.4. The number of hydrogen-bond acceptors (Lipinski definition) is 6. The van der Waals surface area contributed by atoms with Crippen LogP contribution in [0.25, 0.3) is 0 Å². The fourth-order valence-corrected chi connectivity index (χ4v) is 7.38. The van der Waals surface area contributed by atoms with Crippen LogP contribution in [0.4, 0.5) is 0 Å². The summed E-state index contributed by atoms with van der Waals surface area (Å²) in [5, 5.41) is 0. The fraction of sp³-hybridized carbons (Fsp3) is 0.940. The van der Waals surface area contributed by atoms with Gasteiger partial charge in [-0.1, -0.05) is 228 Å². The highest BCUT2D eigenvalue weighted by atomic mass is 16.6. The summed E-state index contributed by atoms with van der Waals surface area (Å²) in [4.78, 5) is 37.8. The van der Waals surface area contributed by atoms with Gasteiger partial charge in [0.15, 0.2) is 6.10 Å². The third-order valence-corrected chi connectivity index (χ3v) is 11.5. The first kappa shape index (κ1) is 54.4. The summed E-state index contributed by atoms with van der Waals surface area (Å²) in [5.74, 6) is 1.60. The van der Waals surface area contributed by atoms with Crippen LogP contribution in [0.5, 0.6) is 0 Å². The van der Waals surface area contributed by atoms with Crippen LogP contribution >= 0.6 is 0 Å². The second-order valence-corrected chi connectivity index (χ2v) is 18.3. The van der Waals surface area contributed by atoms with E-state index in [2.05, 4.69) is 41.5 Å². The Kier molecular flexibility index (Phi) is 40.4. The zero-order chi connectivity index (χ0) is 41.3. The van der Waals surface area contributed by atoms with Crippen LogP contribution in [0.1, 0.15) is 266 Å². The molecule has 0 fully saturated rings. The first-order valence-corrected chi connectivity index (χ1v) is 24.6. The maximum Gasteiger partial charge on any atom is 0.306 e. The number of carbonyl (C=O) groups is 3. The maximum absolute atomic E-state index is 12.7. The Hall–Kier alpha value is -1.59. The largest absolute Gasteiger partial charge is 0.462 e. The Morgan fingerprint density at radius 1 is 0.357 bits per heavy atom. The molecule has 0 N–H and O–H groups in total. The normalized spacial score (nSPS) is 12.6. The maximum atomic E-state index is 12.7. The summed E-state index contributed by atoms with van der Waals surface area (Å²) < 4.78 is 16.8. The minimum Gasteiger partial charge on any atom is -0.462 e. The van der Waals surface area contributed by atoms with Crippen molar-refractivity contribution < 1.29 is 28.6 Å². The monoisotopic (exact) mass is 793 g/mol. The molecule has 0 amide bonds. The zero-order valence-corrected chi connectivity index (χ0v) is 38.4. The highest BCUT2D eigenvalue weighted by Gasteiger charge is 2.19. The average molecular weight is 793 g/mol. The van der Waals surface area contributed by atoms with Crippen LogP contribution in [0.15, 0.2) is 0 Å². The van der Waals surface area contributed by atoms with Crippen molar-refractivity contribution in [1.29, 1.82) is 0 Å². The van der Waals surface area contributed by atoms with Crippen LogP contribution in [-0.2, 0) is 28.6 Å². The van der Waals surface area contributed by atoms with Gasteiger partial charge >= 0.3 is 17.9 Å². The molecule has 0 heterocycles. The predicted molar refractivity (Wildman–Crippen MR) is 238 cm³/mol. The minimum absolute atomic E-state index is 0.0658. The highest BCUT2D eigenvalue weighted by Crippen LogP contribution is 2.18. The first-order chi connectivity index (χ1) is 27.1. The highest BCUT2D eigenvalue weighted by molar-refractivity contribution is 5.71. The molecule has 56 heavy (non-hydrogen) atoms. The number of carbonyl (C=O) groups excluding carboxylic acids is 3. The topological polar surface area (TPSA) is 78.9 Å². The average Bonchev–Trinajstić information content (AvgIpc) is 3.16. The summed E-state index contributed by atoms with van der Waals surface area (Å²) in [6, 6.07) is 0. The fourth-order valence-electron chi connectivity index (χ4n) is 7.38. The van der Waals surface area contributed by atoms with Crippen molar-refractivity contribution in [2.24, 2.45) is 17.8 Å². The third-order valence-electron chi connectivity index (χ3n) is 11.5. The van der Waals surface area contributed by atoms with Gasteiger partial charge < -0.3 is 14.2 Å². The van der Waals surface area contributed by atoms with E-state index < -0.39 is 6.10 Å². The molecule has 6 nitrogen and oxygen atoms in total. The lowest BCUT2D eigenvalue weighted by Gasteiger charge is -2.18. The number of esters is 3. The van der Waals surface area contributed by atoms with E-state index in [1.54, 1.807) is 0 Å². The van der Waals surface area contributed by atoms with E-state index in [-0.39, 0.29) is 31.1 Å². The molecule has 0 aliphatic rings. The van der Waals surface area contributed by atoms with Crippen LogP contribution in [-0.4, -0.2) is 37.2 Å². The van der Waals surface area contributed by atoms with Gasteiger partial charge in [-0.15, -0.1) is 0 Å². The van der Waals surface area contributed by atoms with E-state index in [9.17, 15) is 14.4 Å². The van der Waals surface area contributed by atoms with Gasteiger partial charge in [-0.2, -0.15) is 0 Å². The molecule has 6 heteroatoms. The lowest BCUT2D eigenvalue weighted by atomic mass is 10.00. The third kappa shape index (κ3) is 42.0. The molecule has 0 aromatic rings. The lowest BCUT2D eigenvalue weighted by Crippen LogP contribution is -2.30. The lowest BCUT2D eigenvalue weighted by molar-refractivity contribution is -0.167. The molecule has 0 saturated heterocycles. The van der Waals surface area contributed by atoms with Crippen molar-refractivity contribution in [3.05, 3.63) is 0 Å². The second kappa shape index (κ2) is 41.6. The first-order valence-electron chi connectivity index (χ1n) is 24.6. The van der Waals surface area contributed by atoms with Crippen molar-refractivity contribution in [3.8, 4) is 0 Å². The number of rotatable bonds is 43. The Morgan fingerprint density at radius 3 is 0.929 bits per heavy atom. The van der Waals surface area contributed by atoms with Crippen molar-refractivity contribution in [1.82, 2.24) is 0 Å². The van der Waals surface area contributed by atoms with Crippen LogP contribution < -0.4 is 0 Å². The minimum atomic E-state index is -0.763. The van der Waals surface area contributed by atoms with E-state index in [0.717, 1.165) is 75.5 Å². The molecule has 0 spiro atoms. The van der Waals surface area contributed by atoms with Gasteiger partial charge in [-0.25, -0.2) is 0 Å². The molecule has 0 aliphatic heterocycles. The summed E-state index contributed by atoms with van der Waals surface area (Å²) in [5.41, 5.74) is 0. The van der Waals surface area contributed by atoms with Crippen molar-refractivity contribution >= 4 is 17.9 Å². The van der Waals surface area contributed by atoms with Crippen LogP contribution in [0.3, 0.4) is 0 Å². The molecular weight excluding hydrogens is 697 g/mol. The van der Waals surface area contributed by atoms with Crippen molar-refractivity contribution in [2.75, 3.05) is 13.2 Å². The summed E-state index contributed by atoms with van der Waals surface area (Å²) in [6.45, 7) is 13.7. The Morgan fingerprint density at radius 2 is 0.625 bits per heavy atom. The smallest absolute Gasteiger partial charge is 0.306 e. The standard InChI is InChI=1S/C50H96O6/c1-7-46(6)38-32-26-22-23-28-34-40-49(52)55-43-47(56-50(53)41-35-29-21-17-13-12-15-19-25-31-37-45(4)5)42-54-48(51)39-33-27-20-16-11-9-8-10-14-18-24-30-36-44(2)3/h44-47H,7-43H2,1-6H3/t46?,47-/m0/s1. The van der Waals surface area contributed by atoms with E-state index in [0.29, 0.717) is 19.3 Å². The molecule has 1 unspecified atom stereocenters. The molecule has 332 valence electrons. The molecular formula is C50H96O6. The van der Waals surface area contributed by atoms with Gasteiger partial charge in [0.2, 0.25) is 0 Å². The number of ether oxygens (including phenoxy) is 3. The second-order valence-electron chi connectivity index (χ2n) is 18.3. The molecule has 0 radical (unpaired) electrons. The Balaban J connectivity index is 4.32. The molecule has 0 aliphatic carbocycles. The molecule has 0 aromatic carbocycles. The van der Waals surface area contributed by atoms with Gasteiger partial charge in [0, 0.05) is 19.3 Å². The molecule has 2 atom stereocenters. The SMILES string of the molecule is CCC(C)CCCCCCCCC(=O)OC[C@H](COC(=O)CCCCCCCCCCCCCCC(C)C)OC(=O)CCCCCCCCCCCCC(C)C. The van der Waals surface area contributed by atoms with Crippen molar-refractivity contribution in [2.45, 2.75) is 272 Å².